The van der Waals surface area contributed by atoms with Crippen molar-refractivity contribution in [1.29, 1.82) is 0 Å². The van der Waals surface area contributed by atoms with E-state index >= 15 is 0 Å². The van der Waals surface area contributed by atoms with Crippen LogP contribution in [-0.2, 0) is 0 Å². The number of rotatable bonds is 10. The molecule has 1 aromatic carbocycles. The maximum absolute atomic E-state index is 11.6. The van der Waals surface area contributed by atoms with Crippen molar-refractivity contribution in [1.82, 2.24) is 4.98 Å². The first-order chi connectivity index (χ1) is 11.6. The highest BCUT2D eigenvalue weighted by molar-refractivity contribution is 7.17. The number of thiazole rings is 1. The van der Waals surface area contributed by atoms with E-state index < -0.39 is 0 Å². The van der Waals surface area contributed by atoms with Crippen LogP contribution >= 0.6 is 11.3 Å². The molecular formula is C20H27NO2S. The molecule has 4 heteroatoms. The van der Waals surface area contributed by atoms with Crippen LogP contribution in [0, 0.1) is 6.92 Å². The summed E-state index contributed by atoms with van der Waals surface area (Å²) in [6, 6.07) is 7.99. The van der Waals surface area contributed by atoms with Crippen LogP contribution in [0.3, 0.4) is 0 Å². The zero-order chi connectivity index (χ0) is 17.4. The fourth-order valence-electron chi connectivity index (χ4n) is 2.64. The standard InChI is InChI=1S/C20H27NO2S/c1-4-5-6-7-8-9-13-23-18-12-10-11-17(14-18)20-21-15(2)19(24-20)16(3)22/h10-12,14H,4-9,13H2,1-3H3. The fraction of sp³-hybridized carbons (Fsp3) is 0.500. The Balaban J connectivity index is 1.90. The van der Waals surface area contributed by atoms with E-state index in [-0.39, 0.29) is 5.78 Å². The summed E-state index contributed by atoms with van der Waals surface area (Å²) < 4.78 is 5.87. The van der Waals surface area contributed by atoms with Gasteiger partial charge in [0.15, 0.2) is 5.78 Å². The van der Waals surface area contributed by atoms with Gasteiger partial charge in [-0.15, -0.1) is 11.3 Å². The van der Waals surface area contributed by atoms with Crippen LogP contribution in [-0.4, -0.2) is 17.4 Å². The molecule has 2 aromatic rings. The van der Waals surface area contributed by atoms with E-state index in [0.29, 0.717) is 0 Å². The number of aromatic nitrogens is 1. The normalized spacial score (nSPS) is 10.8. The largest absolute Gasteiger partial charge is 0.494 e. The zero-order valence-electron chi connectivity index (χ0n) is 14.9. The summed E-state index contributed by atoms with van der Waals surface area (Å²) >= 11 is 1.45. The summed E-state index contributed by atoms with van der Waals surface area (Å²) in [6.45, 7) is 6.46. The monoisotopic (exact) mass is 345 g/mol. The van der Waals surface area contributed by atoms with E-state index in [1.807, 2.05) is 31.2 Å². The highest BCUT2D eigenvalue weighted by Crippen LogP contribution is 2.30. The van der Waals surface area contributed by atoms with Gasteiger partial charge in [0.2, 0.25) is 0 Å². The van der Waals surface area contributed by atoms with Gasteiger partial charge in [0.1, 0.15) is 10.8 Å². The van der Waals surface area contributed by atoms with Crippen molar-refractivity contribution >= 4 is 17.1 Å². The van der Waals surface area contributed by atoms with Crippen LogP contribution in [0.25, 0.3) is 10.6 Å². The summed E-state index contributed by atoms with van der Waals surface area (Å²) in [6.07, 6.45) is 7.56. The number of hydrogen-bond donors (Lipinski definition) is 0. The fourth-order valence-corrected chi connectivity index (χ4v) is 3.60. The molecule has 0 unspecified atom stereocenters. The molecule has 0 aliphatic heterocycles. The van der Waals surface area contributed by atoms with Gasteiger partial charge in [0.25, 0.3) is 0 Å². The van der Waals surface area contributed by atoms with E-state index in [0.717, 1.165) is 39.9 Å². The first-order valence-electron chi connectivity index (χ1n) is 8.83. The Morgan fingerprint density at radius 3 is 2.62 bits per heavy atom. The third kappa shape index (κ3) is 5.45. The van der Waals surface area contributed by atoms with Gasteiger partial charge in [0.05, 0.1) is 17.2 Å². The van der Waals surface area contributed by atoms with Crippen LogP contribution in [0.1, 0.15) is 67.7 Å². The number of nitrogens with zero attached hydrogens (tertiary/aromatic N) is 1. The minimum absolute atomic E-state index is 0.0757. The molecule has 0 spiro atoms. The Kier molecular flexibility index (Phi) is 7.44. The second-order valence-corrected chi connectivity index (χ2v) is 7.13. The molecule has 0 aliphatic rings. The Bertz CT molecular complexity index is 663. The molecule has 0 amide bonds. The van der Waals surface area contributed by atoms with Crippen molar-refractivity contribution in [2.75, 3.05) is 6.61 Å². The number of unbranched alkanes of at least 4 members (excludes halogenated alkanes) is 5. The number of carbonyl (C=O) groups excluding carboxylic acids is 1. The molecule has 0 atom stereocenters. The second-order valence-electron chi connectivity index (χ2n) is 6.13. The number of Topliss-reactive ketones (excluding diaryl/α,β-unsaturated/α-hetero) is 1. The van der Waals surface area contributed by atoms with Gasteiger partial charge in [-0.1, -0.05) is 51.2 Å². The molecule has 0 saturated carbocycles. The van der Waals surface area contributed by atoms with Crippen LogP contribution in [0.15, 0.2) is 24.3 Å². The summed E-state index contributed by atoms with van der Waals surface area (Å²) in [5.74, 6) is 0.949. The van der Waals surface area contributed by atoms with Crippen molar-refractivity contribution in [3.05, 3.63) is 34.8 Å². The lowest BCUT2D eigenvalue weighted by Gasteiger charge is -2.07. The average molecular weight is 346 g/mol. The highest BCUT2D eigenvalue weighted by atomic mass is 32.1. The number of ketones is 1. The lowest BCUT2D eigenvalue weighted by atomic mass is 10.1. The Hall–Kier alpha value is -1.68. The molecule has 0 bridgehead atoms. The summed E-state index contributed by atoms with van der Waals surface area (Å²) in [7, 11) is 0. The van der Waals surface area contributed by atoms with Gasteiger partial charge in [0, 0.05) is 12.5 Å². The van der Waals surface area contributed by atoms with Crippen LogP contribution < -0.4 is 4.74 Å². The van der Waals surface area contributed by atoms with Crippen LogP contribution in [0.4, 0.5) is 0 Å². The van der Waals surface area contributed by atoms with E-state index in [4.69, 9.17) is 4.74 Å². The molecule has 0 fully saturated rings. The van der Waals surface area contributed by atoms with E-state index in [1.165, 1.54) is 43.4 Å². The van der Waals surface area contributed by atoms with Gasteiger partial charge >= 0.3 is 0 Å². The number of ether oxygens (including phenoxy) is 1. The lowest BCUT2D eigenvalue weighted by Crippen LogP contribution is -1.97. The minimum Gasteiger partial charge on any atom is -0.494 e. The minimum atomic E-state index is 0.0757. The third-order valence-corrected chi connectivity index (χ3v) is 5.27. The first kappa shape index (κ1) is 18.7. The van der Waals surface area contributed by atoms with Crippen molar-refractivity contribution in [2.45, 2.75) is 59.3 Å². The maximum Gasteiger partial charge on any atom is 0.171 e. The Labute approximate surface area is 149 Å². The molecule has 24 heavy (non-hydrogen) atoms. The smallest absolute Gasteiger partial charge is 0.171 e. The van der Waals surface area contributed by atoms with Gasteiger partial charge in [-0.25, -0.2) is 4.98 Å². The molecule has 1 heterocycles. The molecule has 3 nitrogen and oxygen atoms in total. The average Bonchev–Trinajstić information content (AvgIpc) is 2.96. The quantitative estimate of drug-likeness (QED) is 0.388. The predicted molar refractivity (Wildman–Crippen MR) is 101 cm³/mol. The number of aryl methyl sites for hydroxylation is 1. The SMILES string of the molecule is CCCCCCCCOc1cccc(-c2nc(C)c(C(C)=O)s2)c1. The Morgan fingerprint density at radius 2 is 1.92 bits per heavy atom. The molecule has 0 aliphatic carbocycles. The van der Waals surface area contributed by atoms with Crippen molar-refractivity contribution in [2.24, 2.45) is 0 Å². The van der Waals surface area contributed by atoms with E-state index in [2.05, 4.69) is 11.9 Å². The maximum atomic E-state index is 11.6. The molecule has 0 saturated heterocycles. The van der Waals surface area contributed by atoms with Crippen molar-refractivity contribution in [3.8, 4) is 16.3 Å². The van der Waals surface area contributed by atoms with Crippen LogP contribution in [0.2, 0.25) is 0 Å². The summed E-state index contributed by atoms with van der Waals surface area (Å²) in [4.78, 5) is 16.9. The highest BCUT2D eigenvalue weighted by Gasteiger charge is 2.13. The van der Waals surface area contributed by atoms with Gasteiger partial charge in [-0.2, -0.15) is 0 Å². The van der Waals surface area contributed by atoms with E-state index in [9.17, 15) is 4.79 Å². The summed E-state index contributed by atoms with van der Waals surface area (Å²) in [5, 5.41) is 0.878. The number of hydrogen-bond acceptors (Lipinski definition) is 4. The first-order valence-corrected chi connectivity index (χ1v) is 9.65. The molecule has 2 rings (SSSR count). The van der Waals surface area contributed by atoms with Crippen molar-refractivity contribution < 1.29 is 9.53 Å². The molecule has 1 aromatic heterocycles. The second kappa shape index (κ2) is 9.58. The zero-order valence-corrected chi connectivity index (χ0v) is 15.7. The van der Waals surface area contributed by atoms with E-state index in [1.54, 1.807) is 6.92 Å². The molecular weight excluding hydrogens is 318 g/mol. The predicted octanol–water partition coefficient (Wildman–Crippen LogP) is 6.06. The molecule has 0 radical (unpaired) electrons. The van der Waals surface area contributed by atoms with Crippen LogP contribution in [0.5, 0.6) is 5.75 Å². The number of benzene rings is 1. The molecule has 130 valence electrons. The topological polar surface area (TPSA) is 39.2 Å². The number of carbonyl (C=O) groups is 1. The van der Waals surface area contributed by atoms with Gasteiger partial charge < -0.3 is 4.74 Å². The summed E-state index contributed by atoms with van der Waals surface area (Å²) in [5.41, 5.74) is 1.82. The van der Waals surface area contributed by atoms with Crippen molar-refractivity contribution in [3.63, 3.8) is 0 Å². The third-order valence-electron chi connectivity index (χ3n) is 3.96. The van der Waals surface area contributed by atoms with Gasteiger partial charge in [-0.05, 0) is 25.5 Å². The van der Waals surface area contributed by atoms with Gasteiger partial charge in [-0.3, -0.25) is 4.79 Å². The molecule has 0 N–H and O–H groups in total. The Morgan fingerprint density at radius 1 is 1.17 bits per heavy atom. The lowest BCUT2D eigenvalue weighted by molar-refractivity contribution is 0.102.